The lowest BCUT2D eigenvalue weighted by molar-refractivity contribution is -0.132. The monoisotopic (exact) mass is 369 g/mol. The van der Waals surface area contributed by atoms with Crippen LogP contribution in [0.5, 0.6) is 0 Å². The molecule has 0 aliphatic carbocycles. The Hall–Kier alpha value is -2.03. The molecule has 0 spiro atoms. The van der Waals surface area contributed by atoms with Gasteiger partial charge in [-0.15, -0.1) is 5.10 Å². The number of ether oxygens (including phenoxy) is 1. The first-order chi connectivity index (χ1) is 12.4. The Morgan fingerprint density at radius 2 is 2.23 bits per heavy atom. The fraction of sp³-hybridized carbons (Fsp3) is 0.765. The van der Waals surface area contributed by atoms with Gasteiger partial charge in [0.15, 0.2) is 5.69 Å². The number of alkyl halides is 1. The van der Waals surface area contributed by atoms with Crippen molar-refractivity contribution in [2.45, 2.75) is 51.9 Å². The molecule has 1 N–H and O–H groups in total. The van der Waals surface area contributed by atoms with Gasteiger partial charge in [-0.3, -0.25) is 9.59 Å². The summed E-state index contributed by atoms with van der Waals surface area (Å²) in [4.78, 5) is 25.9. The molecule has 1 aliphatic heterocycles. The Balaban J connectivity index is 1.93. The molecule has 0 aromatic carbocycles. The Kier molecular flexibility index (Phi) is 7.50. The third-order valence-corrected chi connectivity index (χ3v) is 4.38. The Morgan fingerprint density at radius 1 is 1.46 bits per heavy atom. The molecule has 26 heavy (non-hydrogen) atoms. The summed E-state index contributed by atoms with van der Waals surface area (Å²) in [5, 5.41) is 10.4. The number of rotatable bonds is 9. The van der Waals surface area contributed by atoms with Gasteiger partial charge in [0, 0.05) is 26.5 Å². The summed E-state index contributed by atoms with van der Waals surface area (Å²) in [5.74, 6) is 0.0603. The summed E-state index contributed by atoms with van der Waals surface area (Å²) < 4.78 is 20.2. The molecule has 1 fully saturated rings. The predicted octanol–water partition coefficient (Wildman–Crippen LogP) is 1.03. The highest BCUT2D eigenvalue weighted by atomic mass is 19.1. The maximum absolute atomic E-state index is 13.9. The average Bonchev–Trinajstić information content (AvgIpc) is 3.20. The highest BCUT2D eigenvalue weighted by molar-refractivity contribution is 5.91. The Morgan fingerprint density at radius 3 is 2.92 bits per heavy atom. The zero-order chi connectivity index (χ0) is 19.1. The molecule has 0 radical (unpaired) electrons. The van der Waals surface area contributed by atoms with Crippen molar-refractivity contribution in [2.24, 2.45) is 5.92 Å². The first kappa shape index (κ1) is 20.3. The number of nitrogens with zero attached hydrogens (tertiary/aromatic N) is 4. The predicted molar refractivity (Wildman–Crippen MR) is 93.3 cm³/mol. The minimum Gasteiger partial charge on any atom is -0.383 e. The van der Waals surface area contributed by atoms with Gasteiger partial charge >= 0.3 is 0 Å². The van der Waals surface area contributed by atoms with Gasteiger partial charge in [-0.05, 0) is 12.3 Å². The van der Waals surface area contributed by atoms with E-state index in [-0.39, 0.29) is 36.5 Å². The van der Waals surface area contributed by atoms with Crippen LogP contribution in [-0.4, -0.2) is 70.7 Å². The molecule has 0 saturated carbocycles. The lowest BCUT2D eigenvalue weighted by Gasteiger charge is -2.24. The zero-order valence-corrected chi connectivity index (χ0v) is 15.7. The van der Waals surface area contributed by atoms with Gasteiger partial charge < -0.3 is 15.0 Å². The topological polar surface area (TPSA) is 89.4 Å². The molecule has 2 rings (SSSR count). The van der Waals surface area contributed by atoms with Gasteiger partial charge in [0.05, 0.1) is 31.9 Å². The van der Waals surface area contributed by atoms with Gasteiger partial charge in [-0.1, -0.05) is 19.1 Å². The first-order valence-corrected chi connectivity index (χ1v) is 9.01. The number of halogens is 1. The fourth-order valence-electron chi connectivity index (χ4n) is 2.96. The van der Waals surface area contributed by atoms with Gasteiger partial charge in [-0.25, -0.2) is 9.07 Å². The minimum absolute atomic E-state index is 0.0264. The van der Waals surface area contributed by atoms with Crippen LogP contribution < -0.4 is 5.32 Å². The van der Waals surface area contributed by atoms with Gasteiger partial charge in [0.2, 0.25) is 5.91 Å². The Bertz CT molecular complexity index is 607. The van der Waals surface area contributed by atoms with Crippen LogP contribution in [0, 0.1) is 5.92 Å². The van der Waals surface area contributed by atoms with E-state index in [1.54, 1.807) is 12.0 Å². The molecule has 2 atom stereocenters. The number of hydrogen-bond acceptors (Lipinski definition) is 5. The molecule has 9 heteroatoms. The van der Waals surface area contributed by atoms with E-state index in [0.29, 0.717) is 32.0 Å². The lowest BCUT2D eigenvalue weighted by Crippen LogP contribution is -2.38. The molecule has 8 nitrogen and oxygen atoms in total. The van der Waals surface area contributed by atoms with Crippen LogP contribution in [0.25, 0.3) is 0 Å². The third kappa shape index (κ3) is 5.76. The molecule has 2 heterocycles. The van der Waals surface area contributed by atoms with Crippen molar-refractivity contribution >= 4 is 11.8 Å². The maximum Gasteiger partial charge on any atom is 0.273 e. The third-order valence-electron chi connectivity index (χ3n) is 4.38. The molecule has 1 aliphatic rings. The number of amides is 2. The summed E-state index contributed by atoms with van der Waals surface area (Å²) in [5.41, 5.74) is 0.189. The van der Waals surface area contributed by atoms with Crippen LogP contribution in [0.2, 0.25) is 0 Å². The largest absolute Gasteiger partial charge is 0.383 e. The molecular formula is C17H28FN5O3. The highest BCUT2D eigenvalue weighted by Crippen LogP contribution is 2.23. The first-order valence-electron chi connectivity index (χ1n) is 9.01. The number of carbonyl (C=O) groups is 2. The normalized spacial score (nSPS) is 20.0. The molecule has 1 aromatic heterocycles. The number of nitrogens with one attached hydrogen (secondary N) is 1. The van der Waals surface area contributed by atoms with Crippen molar-refractivity contribution in [1.29, 1.82) is 0 Å². The van der Waals surface area contributed by atoms with E-state index in [1.165, 1.54) is 10.9 Å². The summed E-state index contributed by atoms with van der Waals surface area (Å²) in [6, 6.07) is -0.268. The number of carbonyl (C=O) groups excluding carboxylic acids is 2. The minimum atomic E-state index is -1.02. The van der Waals surface area contributed by atoms with E-state index in [4.69, 9.17) is 4.74 Å². The van der Waals surface area contributed by atoms with Crippen LogP contribution >= 0.6 is 0 Å². The average molecular weight is 369 g/mol. The van der Waals surface area contributed by atoms with Crippen LogP contribution in [-0.2, 0) is 16.1 Å². The van der Waals surface area contributed by atoms with Crippen LogP contribution in [0.4, 0.5) is 4.39 Å². The molecule has 1 aromatic rings. The number of aromatic nitrogens is 3. The van der Waals surface area contributed by atoms with Gasteiger partial charge in [0.1, 0.15) is 6.17 Å². The second-order valence-corrected chi connectivity index (χ2v) is 7.04. The summed E-state index contributed by atoms with van der Waals surface area (Å²) in [6.45, 7) is 5.36. The zero-order valence-electron chi connectivity index (χ0n) is 15.7. The molecule has 2 amide bonds. The molecule has 1 saturated heterocycles. The van der Waals surface area contributed by atoms with Crippen molar-refractivity contribution in [3.8, 4) is 0 Å². The number of likely N-dealkylation sites (tertiary alicyclic amines) is 1. The van der Waals surface area contributed by atoms with E-state index in [9.17, 15) is 14.0 Å². The van der Waals surface area contributed by atoms with E-state index in [1.807, 2.05) is 0 Å². The maximum atomic E-state index is 13.9. The number of hydrogen-bond donors (Lipinski definition) is 1. The van der Waals surface area contributed by atoms with E-state index in [2.05, 4.69) is 29.5 Å². The Labute approximate surface area is 153 Å². The van der Waals surface area contributed by atoms with Crippen molar-refractivity contribution in [1.82, 2.24) is 25.2 Å². The summed E-state index contributed by atoms with van der Waals surface area (Å²) >= 11 is 0. The fourth-order valence-corrected chi connectivity index (χ4v) is 2.96. The molecule has 0 bridgehead atoms. The highest BCUT2D eigenvalue weighted by Gasteiger charge is 2.35. The van der Waals surface area contributed by atoms with Crippen molar-refractivity contribution in [2.75, 3.05) is 26.8 Å². The second-order valence-electron chi connectivity index (χ2n) is 7.04. The van der Waals surface area contributed by atoms with Crippen LogP contribution in [0.15, 0.2) is 6.20 Å². The second kappa shape index (κ2) is 9.61. The van der Waals surface area contributed by atoms with Gasteiger partial charge in [-0.2, -0.15) is 0 Å². The van der Waals surface area contributed by atoms with Crippen molar-refractivity contribution in [3.05, 3.63) is 11.9 Å². The van der Waals surface area contributed by atoms with E-state index < -0.39 is 6.17 Å². The standard InChI is InChI=1S/C17H28FN5O3/c1-12(2)4-5-16(24)23-9-13(18)8-14(23)10-22-11-15(20-21-22)17(25)19-6-7-26-3/h11-14H,4-10H2,1-3H3,(H,19,25). The van der Waals surface area contributed by atoms with Crippen molar-refractivity contribution in [3.63, 3.8) is 0 Å². The quantitative estimate of drug-likeness (QED) is 0.657. The SMILES string of the molecule is COCCNC(=O)c1cn(CC2CC(F)CN2C(=O)CCC(C)C)nn1. The molecular weight excluding hydrogens is 341 g/mol. The summed E-state index contributed by atoms with van der Waals surface area (Å²) in [7, 11) is 1.55. The molecule has 2 unspecified atom stereocenters. The van der Waals surface area contributed by atoms with E-state index >= 15 is 0 Å². The van der Waals surface area contributed by atoms with Crippen LogP contribution in [0.1, 0.15) is 43.6 Å². The smallest absolute Gasteiger partial charge is 0.273 e. The number of methoxy groups -OCH3 is 1. The van der Waals surface area contributed by atoms with Crippen molar-refractivity contribution < 1.29 is 18.7 Å². The lowest BCUT2D eigenvalue weighted by atomic mass is 10.1. The van der Waals surface area contributed by atoms with Crippen LogP contribution in [0.3, 0.4) is 0 Å². The van der Waals surface area contributed by atoms with Gasteiger partial charge in [0.25, 0.3) is 5.91 Å². The molecule has 146 valence electrons. The van der Waals surface area contributed by atoms with E-state index in [0.717, 1.165) is 6.42 Å². The summed E-state index contributed by atoms with van der Waals surface area (Å²) in [6.07, 6.45) is 1.98.